The summed E-state index contributed by atoms with van der Waals surface area (Å²) in [4.78, 5) is 29.1. The Labute approximate surface area is 114 Å². The fourth-order valence-corrected chi connectivity index (χ4v) is 2.86. The highest BCUT2D eigenvalue weighted by molar-refractivity contribution is 5.83. The SMILES string of the molecule is CC(C)N1CCN(C(=O)N2CCCC2C(=O)O)CC1. The van der Waals surface area contributed by atoms with Gasteiger partial charge in [-0.2, -0.15) is 0 Å². The second-order valence-corrected chi connectivity index (χ2v) is 5.59. The summed E-state index contributed by atoms with van der Waals surface area (Å²) in [6, 6.07) is -0.236. The van der Waals surface area contributed by atoms with Crippen molar-refractivity contribution in [1.29, 1.82) is 0 Å². The van der Waals surface area contributed by atoms with Gasteiger partial charge in [-0.1, -0.05) is 0 Å². The molecule has 108 valence electrons. The molecular weight excluding hydrogens is 246 g/mol. The first-order chi connectivity index (χ1) is 9.00. The van der Waals surface area contributed by atoms with Gasteiger partial charge >= 0.3 is 12.0 Å². The maximum atomic E-state index is 12.4. The molecule has 0 aromatic rings. The minimum Gasteiger partial charge on any atom is -0.480 e. The number of carboxylic acids is 1. The van der Waals surface area contributed by atoms with Gasteiger partial charge in [0.05, 0.1) is 0 Å². The number of urea groups is 1. The summed E-state index contributed by atoms with van der Waals surface area (Å²) >= 11 is 0. The first-order valence-electron chi connectivity index (χ1n) is 7.03. The van der Waals surface area contributed by atoms with Crippen molar-refractivity contribution in [3.8, 4) is 0 Å². The molecule has 6 heteroatoms. The number of rotatable bonds is 2. The zero-order valence-corrected chi connectivity index (χ0v) is 11.7. The molecule has 1 atom stereocenters. The predicted molar refractivity (Wildman–Crippen MR) is 71.0 cm³/mol. The van der Waals surface area contributed by atoms with Crippen molar-refractivity contribution in [3.63, 3.8) is 0 Å². The summed E-state index contributed by atoms with van der Waals surface area (Å²) in [5.74, 6) is -0.883. The molecule has 0 aliphatic carbocycles. The molecule has 0 aromatic carbocycles. The van der Waals surface area contributed by atoms with Crippen molar-refractivity contribution >= 4 is 12.0 Å². The molecule has 19 heavy (non-hydrogen) atoms. The highest BCUT2D eigenvalue weighted by Crippen LogP contribution is 2.20. The molecule has 0 radical (unpaired) electrons. The van der Waals surface area contributed by atoms with Gasteiger partial charge in [0.2, 0.25) is 0 Å². The fourth-order valence-electron chi connectivity index (χ4n) is 2.86. The van der Waals surface area contributed by atoms with Crippen LogP contribution < -0.4 is 0 Å². The van der Waals surface area contributed by atoms with E-state index in [1.807, 2.05) is 0 Å². The Kier molecular flexibility index (Phi) is 4.29. The number of carbonyl (C=O) groups is 2. The summed E-state index contributed by atoms with van der Waals surface area (Å²) in [6.45, 7) is 8.00. The van der Waals surface area contributed by atoms with Crippen LogP contribution in [0.2, 0.25) is 0 Å². The summed E-state index contributed by atoms with van der Waals surface area (Å²) < 4.78 is 0. The maximum absolute atomic E-state index is 12.4. The zero-order chi connectivity index (χ0) is 14.0. The van der Waals surface area contributed by atoms with E-state index in [2.05, 4.69) is 18.7 Å². The van der Waals surface area contributed by atoms with Crippen molar-refractivity contribution < 1.29 is 14.7 Å². The largest absolute Gasteiger partial charge is 0.480 e. The third-order valence-corrected chi connectivity index (χ3v) is 4.10. The van der Waals surface area contributed by atoms with Crippen molar-refractivity contribution in [1.82, 2.24) is 14.7 Å². The summed E-state index contributed by atoms with van der Waals surface area (Å²) in [6.07, 6.45) is 1.36. The van der Waals surface area contributed by atoms with E-state index in [1.165, 1.54) is 4.90 Å². The zero-order valence-electron chi connectivity index (χ0n) is 11.7. The minimum atomic E-state index is -0.883. The van der Waals surface area contributed by atoms with E-state index in [-0.39, 0.29) is 6.03 Å². The van der Waals surface area contributed by atoms with E-state index in [0.717, 1.165) is 19.5 Å². The van der Waals surface area contributed by atoms with Crippen LogP contribution >= 0.6 is 0 Å². The predicted octanol–water partition coefficient (Wildman–Crippen LogP) is 0.681. The molecule has 2 amide bonds. The quantitative estimate of drug-likeness (QED) is 0.801. The van der Waals surface area contributed by atoms with Gasteiger partial charge in [-0.15, -0.1) is 0 Å². The number of likely N-dealkylation sites (tertiary alicyclic amines) is 1. The van der Waals surface area contributed by atoms with E-state index in [1.54, 1.807) is 4.90 Å². The molecule has 0 saturated carbocycles. The Hall–Kier alpha value is -1.30. The molecule has 0 bridgehead atoms. The van der Waals surface area contributed by atoms with Crippen molar-refractivity contribution in [2.24, 2.45) is 0 Å². The van der Waals surface area contributed by atoms with Crippen molar-refractivity contribution in [3.05, 3.63) is 0 Å². The lowest BCUT2D eigenvalue weighted by molar-refractivity contribution is -0.141. The monoisotopic (exact) mass is 269 g/mol. The smallest absolute Gasteiger partial charge is 0.326 e. The van der Waals surface area contributed by atoms with Gasteiger partial charge < -0.3 is 14.9 Å². The standard InChI is InChI=1S/C13H23N3O3/c1-10(2)14-6-8-15(9-7-14)13(19)16-5-3-4-11(16)12(17)18/h10-11H,3-9H2,1-2H3,(H,17,18). The third-order valence-electron chi connectivity index (χ3n) is 4.10. The van der Waals surface area contributed by atoms with Crippen LogP contribution in [0.4, 0.5) is 4.79 Å². The van der Waals surface area contributed by atoms with Crippen LogP contribution in [-0.4, -0.2) is 76.6 Å². The van der Waals surface area contributed by atoms with Crippen LogP contribution in [0, 0.1) is 0 Å². The van der Waals surface area contributed by atoms with Crippen LogP contribution in [0.15, 0.2) is 0 Å². The number of amides is 2. The van der Waals surface area contributed by atoms with Gasteiger partial charge in [0.25, 0.3) is 0 Å². The minimum absolute atomic E-state index is 0.103. The Balaban J connectivity index is 1.92. The van der Waals surface area contributed by atoms with Gasteiger partial charge in [0.1, 0.15) is 6.04 Å². The molecule has 2 aliphatic heterocycles. The van der Waals surface area contributed by atoms with E-state index in [0.29, 0.717) is 32.1 Å². The van der Waals surface area contributed by atoms with E-state index >= 15 is 0 Å². The number of hydrogen-bond donors (Lipinski definition) is 1. The Morgan fingerprint density at radius 1 is 1.11 bits per heavy atom. The average molecular weight is 269 g/mol. The van der Waals surface area contributed by atoms with Gasteiger partial charge in [-0.3, -0.25) is 4.90 Å². The third kappa shape index (κ3) is 3.00. The van der Waals surface area contributed by atoms with Crippen molar-refractivity contribution in [2.45, 2.75) is 38.8 Å². The molecule has 2 saturated heterocycles. The number of piperazine rings is 1. The first kappa shape index (κ1) is 14.1. The molecule has 2 heterocycles. The topological polar surface area (TPSA) is 64.1 Å². The van der Waals surface area contributed by atoms with Crippen LogP contribution in [0.5, 0.6) is 0 Å². The lowest BCUT2D eigenvalue weighted by atomic mass is 10.2. The molecule has 2 fully saturated rings. The average Bonchev–Trinajstić information content (AvgIpc) is 2.87. The maximum Gasteiger partial charge on any atom is 0.326 e. The van der Waals surface area contributed by atoms with Gasteiger partial charge in [0.15, 0.2) is 0 Å². The van der Waals surface area contributed by atoms with Gasteiger partial charge in [-0.05, 0) is 26.7 Å². The number of hydrogen-bond acceptors (Lipinski definition) is 3. The van der Waals surface area contributed by atoms with E-state index in [4.69, 9.17) is 5.11 Å². The van der Waals surface area contributed by atoms with Crippen LogP contribution in [-0.2, 0) is 4.79 Å². The summed E-state index contributed by atoms with van der Waals surface area (Å²) in [7, 11) is 0. The molecule has 1 N–H and O–H groups in total. The molecule has 0 spiro atoms. The molecule has 6 nitrogen and oxygen atoms in total. The van der Waals surface area contributed by atoms with Crippen LogP contribution in [0.25, 0.3) is 0 Å². The normalized spacial score (nSPS) is 25.1. The Morgan fingerprint density at radius 2 is 1.74 bits per heavy atom. The lowest BCUT2D eigenvalue weighted by Gasteiger charge is -2.39. The molecule has 2 rings (SSSR count). The second kappa shape index (κ2) is 5.77. The molecule has 0 aromatic heterocycles. The number of aliphatic carboxylic acids is 1. The number of carboxylic acid groups (broad SMARTS) is 1. The van der Waals surface area contributed by atoms with Gasteiger partial charge in [-0.25, -0.2) is 9.59 Å². The molecule has 2 aliphatic rings. The number of carbonyl (C=O) groups excluding carboxylic acids is 1. The molecular formula is C13H23N3O3. The second-order valence-electron chi connectivity index (χ2n) is 5.59. The van der Waals surface area contributed by atoms with Crippen molar-refractivity contribution in [2.75, 3.05) is 32.7 Å². The summed E-state index contributed by atoms with van der Waals surface area (Å²) in [5, 5.41) is 9.13. The van der Waals surface area contributed by atoms with Gasteiger partial charge in [0, 0.05) is 38.8 Å². The Bertz CT molecular complexity index is 351. The van der Waals surface area contributed by atoms with E-state index in [9.17, 15) is 9.59 Å². The summed E-state index contributed by atoms with van der Waals surface area (Å²) in [5.41, 5.74) is 0. The highest BCUT2D eigenvalue weighted by Gasteiger charge is 2.37. The number of nitrogens with zero attached hydrogens (tertiary/aromatic N) is 3. The van der Waals surface area contributed by atoms with E-state index < -0.39 is 12.0 Å². The fraction of sp³-hybridized carbons (Fsp3) is 0.846. The lowest BCUT2D eigenvalue weighted by Crippen LogP contribution is -2.55. The highest BCUT2D eigenvalue weighted by atomic mass is 16.4. The van der Waals surface area contributed by atoms with Crippen LogP contribution in [0.3, 0.4) is 0 Å². The van der Waals surface area contributed by atoms with Crippen LogP contribution in [0.1, 0.15) is 26.7 Å². The first-order valence-corrected chi connectivity index (χ1v) is 7.03. The molecule has 1 unspecified atom stereocenters. The Morgan fingerprint density at radius 3 is 2.26 bits per heavy atom.